The van der Waals surface area contributed by atoms with E-state index in [1.54, 1.807) is 6.20 Å². The van der Waals surface area contributed by atoms with Crippen LogP contribution in [0.15, 0.2) is 85.7 Å². The van der Waals surface area contributed by atoms with Crippen molar-refractivity contribution in [3.63, 3.8) is 0 Å². The highest BCUT2D eigenvalue weighted by Crippen LogP contribution is 2.28. The van der Waals surface area contributed by atoms with Gasteiger partial charge in [0.15, 0.2) is 0 Å². The second-order valence-electron chi connectivity index (χ2n) is 7.59. The van der Waals surface area contributed by atoms with Crippen LogP contribution in [-0.2, 0) is 11.3 Å². The molecule has 5 heteroatoms. The van der Waals surface area contributed by atoms with Crippen molar-refractivity contribution >= 4 is 11.6 Å². The summed E-state index contributed by atoms with van der Waals surface area (Å²) in [5.41, 5.74) is 6.51. The lowest BCUT2D eigenvalue weighted by Gasteiger charge is -2.16. The summed E-state index contributed by atoms with van der Waals surface area (Å²) < 4.78 is 2.15. The van der Waals surface area contributed by atoms with Gasteiger partial charge < -0.3 is 9.47 Å². The average molecular weight is 394 g/mol. The summed E-state index contributed by atoms with van der Waals surface area (Å²) in [6, 6.07) is 16.5. The molecular formula is C25H22N4O. The Morgan fingerprint density at radius 2 is 1.70 bits per heavy atom. The molecule has 1 aliphatic rings. The first-order valence-electron chi connectivity index (χ1n) is 10.2. The summed E-state index contributed by atoms with van der Waals surface area (Å²) >= 11 is 0. The molecule has 4 aromatic rings. The van der Waals surface area contributed by atoms with Gasteiger partial charge >= 0.3 is 0 Å². The first-order chi connectivity index (χ1) is 14.8. The molecule has 0 bridgehead atoms. The number of rotatable bonds is 5. The highest BCUT2D eigenvalue weighted by Gasteiger charge is 2.21. The molecule has 4 heterocycles. The zero-order chi connectivity index (χ0) is 20.3. The molecule has 30 heavy (non-hydrogen) atoms. The fourth-order valence-electron chi connectivity index (χ4n) is 3.92. The fourth-order valence-corrected chi connectivity index (χ4v) is 3.92. The highest BCUT2D eigenvalue weighted by molar-refractivity contribution is 5.95. The number of aromatic nitrogens is 3. The topological polar surface area (TPSA) is 51.0 Å². The van der Waals surface area contributed by atoms with Crippen LogP contribution in [0.5, 0.6) is 0 Å². The van der Waals surface area contributed by atoms with Crippen molar-refractivity contribution in [3.05, 3.63) is 91.3 Å². The molecule has 0 radical (unpaired) electrons. The quantitative estimate of drug-likeness (QED) is 0.489. The van der Waals surface area contributed by atoms with E-state index >= 15 is 0 Å². The van der Waals surface area contributed by atoms with Gasteiger partial charge in [0.2, 0.25) is 5.91 Å². The van der Waals surface area contributed by atoms with E-state index in [9.17, 15) is 4.79 Å². The van der Waals surface area contributed by atoms with Crippen LogP contribution in [0.25, 0.3) is 22.3 Å². The Kier molecular flexibility index (Phi) is 4.85. The molecule has 1 aliphatic heterocycles. The lowest BCUT2D eigenvalue weighted by Crippen LogP contribution is -2.23. The minimum absolute atomic E-state index is 0.210. The molecule has 3 aromatic heterocycles. The molecule has 0 aliphatic carbocycles. The fraction of sp³-hybridized carbons (Fsp3) is 0.160. The van der Waals surface area contributed by atoms with Gasteiger partial charge in [-0.25, -0.2) is 0 Å². The zero-order valence-electron chi connectivity index (χ0n) is 16.6. The maximum Gasteiger partial charge on any atom is 0.227 e. The van der Waals surface area contributed by atoms with Gasteiger partial charge in [-0.3, -0.25) is 14.8 Å². The third kappa shape index (κ3) is 3.74. The molecule has 148 valence electrons. The molecule has 1 fully saturated rings. The number of pyridine rings is 2. The van der Waals surface area contributed by atoms with E-state index < -0.39 is 0 Å². The summed E-state index contributed by atoms with van der Waals surface area (Å²) in [5.74, 6) is 0.210. The molecule has 1 aromatic carbocycles. The first kappa shape index (κ1) is 18.3. The van der Waals surface area contributed by atoms with Crippen LogP contribution in [0.1, 0.15) is 18.4 Å². The monoisotopic (exact) mass is 394 g/mol. The minimum atomic E-state index is 0.210. The third-order valence-corrected chi connectivity index (χ3v) is 5.50. The summed E-state index contributed by atoms with van der Waals surface area (Å²) in [6.45, 7) is 1.60. The number of carbonyl (C=O) groups excluding carboxylic acids is 1. The second-order valence-corrected chi connectivity index (χ2v) is 7.59. The Labute approximate surface area is 175 Å². The van der Waals surface area contributed by atoms with Crippen LogP contribution >= 0.6 is 0 Å². The van der Waals surface area contributed by atoms with Gasteiger partial charge in [0.25, 0.3) is 0 Å². The number of hydrogen-bond donors (Lipinski definition) is 0. The molecule has 0 unspecified atom stereocenters. The predicted molar refractivity (Wildman–Crippen MR) is 118 cm³/mol. The van der Waals surface area contributed by atoms with E-state index in [1.807, 2.05) is 41.7 Å². The van der Waals surface area contributed by atoms with Crippen molar-refractivity contribution in [3.8, 4) is 22.3 Å². The van der Waals surface area contributed by atoms with Gasteiger partial charge in [-0.2, -0.15) is 0 Å². The standard InChI is InChI=1S/C25H22N4O/c30-25-4-2-11-29(25)24-7-5-20(6-8-24)22-13-23(16-27-15-22)21-9-12-28(18-21)17-19-3-1-10-26-14-19/h1,3,5-10,12-16,18H,2,4,11,17H2. The van der Waals surface area contributed by atoms with Gasteiger partial charge in [0.05, 0.1) is 0 Å². The van der Waals surface area contributed by atoms with Crippen LogP contribution in [0, 0.1) is 0 Å². The molecule has 1 saturated heterocycles. The summed E-state index contributed by atoms with van der Waals surface area (Å²) in [4.78, 5) is 22.5. The Bertz CT molecular complexity index is 1170. The van der Waals surface area contributed by atoms with Gasteiger partial charge in [0.1, 0.15) is 0 Å². The van der Waals surface area contributed by atoms with Crippen LogP contribution in [0.3, 0.4) is 0 Å². The number of anilines is 1. The predicted octanol–water partition coefficient (Wildman–Crippen LogP) is 4.79. The van der Waals surface area contributed by atoms with Crippen molar-refractivity contribution in [1.82, 2.24) is 14.5 Å². The van der Waals surface area contributed by atoms with E-state index in [0.717, 1.165) is 47.5 Å². The minimum Gasteiger partial charge on any atom is -0.349 e. The van der Waals surface area contributed by atoms with Crippen LogP contribution < -0.4 is 4.90 Å². The van der Waals surface area contributed by atoms with Crippen molar-refractivity contribution in [1.29, 1.82) is 0 Å². The number of nitrogens with zero attached hydrogens (tertiary/aromatic N) is 4. The molecule has 0 atom stereocenters. The van der Waals surface area contributed by atoms with Crippen molar-refractivity contribution in [2.75, 3.05) is 11.4 Å². The Hall–Kier alpha value is -3.73. The van der Waals surface area contributed by atoms with Gasteiger partial charge in [0, 0.05) is 79.1 Å². The average Bonchev–Trinajstić information content (AvgIpc) is 3.44. The number of amides is 1. The normalized spacial score (nSPS) is 13.7. The molecule has 5 rings (SSSR count). The molecule has 0 N–H and O–H groups in total. The maximum atomic E-state index is 12.0. The van der Waals surface area contributed by atoms with Crippen molar-refractivity contribution in [2.24, 2.45) is 0 Å². The van der Waals surface area contributed by atoms with E-state index in [4.69, 9.17) is 0 Å². The van der Waals surface area contributed by atoms with Crippen LogP contribution in [0.2, 0.25) is 0 Å². The number of benzene rings is 1. The van der Waals surface area contributed by atoms with Gasteiger partial charge in [-0.05, 0) is 47.9 Å². The Morgan fingerprint density at radius 1 is 0.867 bits per heavy atom. The van der Waals surface area contributed by atoms with E-state index in [1.165, 1.54) is 5.56 Å². The zero-order valence-corrected chi connectivity index (χ0v) is 16.6. The summed E-state index contributed by atoms with van der Waals surface area (Å²) in [6.07, 6.45) is 13.3. The van der Waals surface area contributed by atoms with Crippen molar-refractivity contribution in [2.45, 2.75) is 19.4 Å². The Balaban J connectivity index is 1.36. The smallest absolute Gasteiger partial charge is 0.227 e. The molecule has 0 spiro atoms. The third-order valence-electron chi connectivity index (χ3n) is 5.50. The van der Waals surface area contributed by atoms with E-state index in [-0.39, 0.29) is 5.91 Å². The molecule has 1 amide bonds. The molecule has 0 saturated carbocycles. The van der Waals surface area contributed by atoms with Crippen molar-refractivity contribution < 1.29 is 4.79 Å². The molecular weight excluding hydrogens is 372 g/mol. The lowest BCUT2D eigenvalue weighted by molar-refractivity contribution is -0.117. The van der Waals surface area contributed by atoms with E-state index in [2.05, 4.69) is 57.3 Å². The second kappa shape index (κ2) is 7.95. The largest absolute Gasteiger partial charge is 0.349 e. The van der Waals surface area contributed by atoms with Crippen LogP contribution in [0.4, 0.5) is 5.69 Å². The number of hydrogen-bond acceptors (Lipinski definition) is 3. The van der Waals surface area contributed by atoms with Crippen LogP contribution in [-0.4, -0.2) is 27.0 Å². The first-order valence-corrected chi connectivity index (χ1v) is 10.2. The van der Waals surface area contributed by atoms with Gasteiger partial charge in [-0.1, -0.05) is 18.2 Å². The van der Waals surface area contributed by atoms with E-state index in [0.29, 0.717) is 6.42 Å². The SMILES string of the molecule is O=C1CCCN1c1ccc(-c2cncc(-c3ccn(Cc4cccnc4)c3)c2)cc1. The Morgan fingerprint density at radius 3 is 2.43 bits per heavy atom. The highest BCUT2D eigenvalue weighted by atomic mass is 16.2. The summed E-state index contributed by atoms with van der Waals surface area (Å²) in [5, 5.41) is 0. The molecule has 5 nitrogen and oxygen atoms in total. The van der Waals surface area contributed by atoms with Gasteiger partial charge in [-0.15, -0.1) is 0 Å². The lowest BCUT2D eigenvalue weighted by atomic mass is 10.0. The summed E-state index contributed by atoms with van der Waals surface area (Å²) in [7, 11) is 0. The maximum absolute atomic E-state index is 12.0. The number of carbonyl (C=O) groups is 1.